The van der Waals surface area contributed by atoms with Crippen LogP contribution in [0.4, 0.5) is 0 Å². The zero-order chi connectivity index (χ0) is 14.5. The van der Waals surface area contributed by atoms with Crippen molar-refractivity contribution in [1.29, 1.82) is 0 Å². The molecule has 0 fully saturated rings. The number of hydrogen-bond acceptors (Lipinski definition) is 4. The highest BCUT2D eigenvalue weighted by atomic mass is 79.9. The Labute approximate surface area is 127 Å². The van der Waals surface area contributed by atoms with Crippen molar-refractivity contribution in [2.45, 2.75) is 26.3 Å². The molecular formula is C14H21BrN4O. The maximum Gasteiger partial charge on any atom is 0.177 e. The molecule has 0 saturated heterocycles. The molecule has 110 valence electrons. The lowest BCUT2D eigenvalue weighted by Crippen LogP contribution is -2.22. The van der Waals surface area contributed by atoms with Crippen LogP contribution in [0, 0.1) is 6.92 Å². The first-order valence-corrected chi connectivity index (χ1v) is 7.69. The summed E-state index contributed by atoms with van der Waals surface area (Å²) in [7, 11) is 2.09. The van der Waals surface area contributed by atoms with E-state index in [1.807, 2.05) is 6.92 Å². The number of imidazole rings is 1. The van der Waals surface area contributed by atoms with Crippen LogP contribution in [0.2, 0.25) is 0 Å². The van der Waals surface area contributed by atoms with Crippen molar-refractivity contribution in [3.05, 3.63) is 22.6 Å². The lowest BCUT2D eigenvalue weighted by atomic mass is 10.3. The van der Waals surface area contributed by atoms with Gasteiger partial charge in [-0.25, -0.2) is 9.97 Å². The molecule has 0 spiro atoms. The maximum absolute atomic E-state index is 8.82. The molecule has 0 aliphatic rings. The summed E-state index contributed by atoms with van der Waals surface area (Å²) in [5, 5.41) is 8.82. The van der Waals surface area contributed by atoms with Gasteiger partial charge in [0.2, 0.25) is 0 Å². The largest absolute Gasteiger partial charge is 0.396 e. The molecule has 0 bridgehead atoms. The summed E-state index contributed by atoms with van der Waals surface area (Å²) in [5.74, 6) is 1.00. The molecular weight excluding hydrogens is 320 g/mol. The Morgan fingerprint density at radius 2 is 2.10 bits per heavy atom. The van der Waals surface area contributed by atoms with Gasteiger partial charge in [-0.15, -0.1) is 0 Å². The van der Waals surface area contributed by atoms with E-state index in [-0.39, 0.29) is 6.61 Å². The highest BCUT2D eigenvalue weighted by Gasteiger charge is 2.09. The normalized spacial score (nSPS) is 11.7. The van der Waals surface area contributed by atoms with Crippen LogP contribution in [-0.4, -0.2) is 51.3 Å². The van der Waals surface area contributed by atoms with Crippen molar-refractivity contribution >= 4 is 27.1 Å². The Hall–Kier alpha value is -0.980. The van der Waals surface area contributed by atoms with E-state index >= 15 is 0 Å². The average molecular weight is 341 g/mol. The van der Waals surface area contributed by atoms with Crippen molar-refractivity contribution in [2.75, 3.05) is 26.7 Å². The van der Waals surface area contributed by atoms with Crippen molar-refractivity contribution < 1.29 is 5.11 Å². The van der Waals surface area contributed by atoms with Gasteiger partial charge in [0.05, 0.1) is 5.52 Å². The van der Waals surface area contributed by atoms with Gasteiger partial charge in [0.1, 0.15) is 5.82 Å². The predicted molar refractivity (Wildman–Crippen MR) is 83.8 cm³/mol. The average Bonchev–Trinajstić information content (AvgIpc) is 2.72. The third-order valence-electron chi connectivity index (χ3n) is 3.38. The molecule has 0 unspecified atom stereocenters. The third kappa shape index (κ3) is 3.77. The first kappa shape index (κ1) is 15.4. The second kappa shape index (κ2) is 7.15. The molecule has 2 rings (SSSR count). The van der Waals surface area contributed by atoms with Crippen molar-refractivity contribution in [3.63, 3.8) is 0 Å². The monoisotopic (exact) mass is 340 g/mol. The molecule has 2 aromatic heterocycles. The Bertz CT molecular complexity index is 570. The minimum atomic E-state index is 0.259. The summed E-state index contributed by atoms with van der Waals surface area (Å²) in [4.78, 5) is 11.1. The number of nitrogens with zero attached hydrogens (tertiary/aromatic N) is 4. The Morgan fingerprint density at radius 1 is 1.35 bits per heavy atom. The molecule has 0 aromatic carbocycles. The number of aliphatic hydroxyl groups is 1. The number of aryl methyl sites for hydroxylation is 2. The highest BCUT2D eigenvalue weighted by Crippen LogP contribution is 2.18. The van der Waals surface area contributed by atoms with Crippen LogP contribution in [0.15, 0.2) is 16.7 Å². The van der Waals surface area contributed by atoms with Crippen molar-refractivity contribution in [1.82, 2.24) is 19.4 Å². The second-order valence-electron chi connectivity index (χ2n) is 5.04. The lowest BCUT2D eigenvalue weighted by Gasteiger charge is -2.16. The smallest absolute Gasteiger partial charge is 0.177 e. The van der Waals surface area contributed by atoms with E-state index in [4.69, 9.17) is 5.11 Å². The minimum absolute atomic E-state index is 0.259. The van der Waals surface area contributed by atoms with E-state index in [1.54, 1.807) is 6.20 Å². The van der Waals surface area contributed by atoms with Gasteiger partial charge in [0.15, 0.2) is 5.65 Å². The molecule has 2 aromatic rings. The number of halogens is 1. The first-order chi connectivity index (χ1) is 9.61. The summed E-state index contributed by atoms with van der Waals surface area (Å²) < 4.78 is 3.19. The quantitative estimate of drug-likeness (QED) is 0.839. The molecule has 0 saturated carbocycles. The fraction of sp³-hybridized carbons (Fsp3) is 0.571. The SMILES string of the molecule is Cc1nc2ncc(Br)cc2n1CCCN(C)CCCO. The molecule has 2 heterocycles. The molecule has 20 heavy (non-hydrogen) atoms. The van der Waals surface area contributed by atoms with Gasteiger partial charge in [0.25, 0.3) is 0 Å². The van der Waals surface area contributed by atoms with E-state index in [9.17, 15) is 0 Å². The van der Waals surface area contributed by atoms with Crippen LogP contribution in [0.3, 0.4) is 0 Å². The first-order valence-electron chi connectivity index (χ1n) is 6.89. The fourth-order valence-corrected chi connectivity index (χ4v) is 2.65. The minimum Gasteiger partial charge on any atom is -0.396 e. The third-order valence-corrected chi connectivity index (χ3v) is 3.82. The van der Waals surface area contributed by atoms with Gasteiger partial charge in [-0.2, -0.15) is 0 Å². The number of hydrogen-bond donors (Lipinski definition) is 1. The van der Waals surface area contributed by atoms with E-state index in [1.165, 1.54) is 0 Å². The molecule has 0 radical (unpaired) electrons. The number of aromatic nitrogens is 3. The maximum atomic E-state index is 8.82. The standard InChI is InChI=1S/C14H21BrN4O/c1-11-17-14-13(9-12(15)10-16-14)19(11)7-3-5-18(2)6-4-8-20/h9-10,20H,3-8H2,1-2H3. The van der Waals surface area contributed by atoms with Crippen LogP contribution in [0.5, 0.6) is 0 Å². The highest BCUT2D eigenvalue weighted by molar-refractivity contribution is 9.10. The van der Waals surface area contributed by atoms with Gasteiger partial charge in [0, 0.05) is 30.4 Å². The zero-order valence-electron chi connectivity index (χ0n) is 12.0. The number of pyridine rings is 1. The van der Waals surface area contributed by atoms with Crippen LogP contribution in [0.1, 0.15) is 18.7 Å². The molecule has 0 aliphatic heterocycles. The van der Waals surface area contributed by atoms with Crippen LogP contribution in [0.25, 0.3) is 11.2 Å². The lowest BCUT2D eigenvalue weighted by molar-refractivity contribution is 0.244. The molecule has 0 amide bonds. The van der Waals surface area contributed by atoms with Crippen LogP contribution >= 0.6 is 15.9 Å². The molecule has 6 heteroatoms. The molecule has 1 N–H and O–H groups in total. The summed E-state index contributed by atoms with van der Waals surface area (Å²) in [6, 6.07) is 2.07. The summed E-state index contributed by atoms with van der Waals surface area (Å²) >= 11 is 3.46. The number of fused-ring (bicyclic) bond motifs is 1. The van der Waals surface area contributed by atoms with Gasteiger partial charge < -0.3 is 14.6 Å². The molecule has 0 aliphatic carbocycles. The van der Waals surface area contributed by atoms with Crippen LogP contribution < -0.4 is 0 Å². The Balaban J connectivity index is 1.99. The fourth-order valence-electron chi connectivity index (χ4n) is 2.33. The topological polar surface area (TPSA) is 54.2 Å². The van der Waals surface area contributed by atoms with E-state index in [0.717, 1.165) is 53.9 Å². The number of rotatable bonds is 7. The van der Waals surface area contributed by atoms with Gasteiger partial charge >= 0.3 is 0 Å². The van der Waals surface area contributed by atoms with E-state index in [0.29, 0.717) is 0 Å². The second-order valence-corrected chi connectivity index (χ2v) is 5.96. The Kier molecular flexibility index (Phi) is 5.51. The van der Waals surface area contributed by atoms with Crippen molar-refractivity contribution in [3.8, 4) is 0 Å². The van der Waals surface area contributed by atoms with Crippen LogP contribution in [-0.2, 0) is 6.54 Å². The predicted octanol–water partition coefficient (Wildman–Crippen LogP) is 2.21. The summed E-state index contributed by atoms with van der Waals surface area (Å²) in [6.45, 7) is 5.16. The van der Waals surface area contributed by atoms with Gasteiger partial charge in [-0.1, -0.05) is 0 Å². The molecule has 5 nitrogen and oxygen atoms in total. The van der Waals surface area contributed by atoms with E-state index in [2.05, 4.69) is 48.5 Å². The molecule has 0 atom stereocenters. The van der Waals surface area contributed by atoms with E-state index < -0.39 is 0 Å². The Morgan fingerprint density at radius 3 is 2.85 bits per heavy atom. The van der Waals surface area contributed by atoms with Crippen molar-refractivity contribution in [2.24, 2.45) is 0 Å². The van der Waals surface area contributed by atoms with Gasteiger partial charge in [-0.3, -0.25) is 0 Å². The number of aliphatic hydroxyl groups excluding tert-OH is 1. The summed E-state index contributed by atoms with van der Waals surface area (Å²) in [5.41, 5.74) is 1.88. The van der Waals surface area contributed by atoms with Gasteiger partial charge in [-0.05, 0) is 55.4 Å². The zero-order valence-corrected chi connectivity index (χ0v) is 13.6. The summed E-state index contributed by atoms with van der Waals surface area (Å²) in [6.07, 6.45) is 3.67.